The Morgan fingerprint density at radius 2 is 1.83 bits per heavy atom. The first-order valence-corrected chi connectivity index (χ1v) is 8.24. The minimum Gasteiger partial charge on any atom is -0.399 e. The van der Waals surface area contributed by atoms with Gasteiger partial charge in [0.15, 0.2) is 11.5 Å². The molecule has 2 bridgehead atoms. The Hall–Kier alpha value is -2.67. The summed E-state index contributed by atoms with van der Waals surface area (Å²) in [7, 11) is 0. The number of nitrogens with one attached hydrogen (secondary N) is 1. The molecule has 2 unspecified atom stereocenters. The van der Waals surface area contributed by atoms with Gasteiger partial charge < -0.3 is 15.4 Å². The summed E-state index contributed by atoms with van der Waals surface area (Å²) in [6.45, 7) is 1.74. The van der Waals surface area contributed by atoms with Gasteiger partial charge >= 0.3 is 0 Å². The second kappa shape index (κ2) is 5.17. The fraction of sp³-hybridized carbons (Fsp3) is 0.353. The van der Waals surface area contributed by atoms with E-state index in [0.717, 1.165) is 54.0 Å². The molecule has 0 aliphatic carbocycles. The molecule has 122 valence electrons. The molecule has 2 aliphatic heterocycles. The van der Waals surface area contributed by atoms with Gasteiger partial charge in [-0.3, -0.25) is 5.10 Å². The van der Waals surface area contributed by atoms with Gasteiger partial charge in [-0.15, -0.1) is 0 Å². The molecule has 0 saturated carbocycles. The molecule has 2 aliphatic rings. The van der Waals surface area contributed by atoms with Crippen LogP contribution in [0.3, 0.4) is 0 Å². The fourth-order valence-electron chi connectivity index (χ4n) is 3.61. The van der Waals surface area contributed by atoms with Gasteiger partial charge in [0, 0.05) is 24.3 Å². The van der Waals surface area contributed by atoms with Crippen molar-refractivity contribution in [3.05, 3.63) is 30.5 Å². The van der Waals surface area contributed by atoms with E-state index >= 15 is 0 Å². The van der Waals surface area contributed by atoms with E-state index in [-0.39, 0.29) is 0 Å². The van der Waals surface area contributed by atoms with E-state index in [0.29, 0.717) is 18.0 Å². The number of nitrogens with zero attached hydrogens (tertiary/aromatic N) is 4. The third kappa shape index (κ3) is 2.20. The standard InChI is InChI=1S/C17H18N6O/c18-11-3-1-10(2-4-11)15-20-16-14(7-19-22-16)17(21-15)23-8-12-5-6-13(9-23)24-12/h1-4,7,12-13H,5-6,8-9,18H2,(H,19,20,21,22). The Morgan fingerprint density at radius 1 is 1.08 bits per heavy atom. The molecule has 2 aromatic heterocycles. The fourth-order valence-corrected chi connectivity index (χ4v) is 3.61. The first-order chi connectivity index (χ1) is 11.8. The van der Waals surface area contributed by atoms with Gasteiger partial charge in [-0.1, -0.05) is 0 Å². The van der Waals surface area contributed by atoms with Crippen LogP contribution in [0.1, 0.15) is 12.8 Å². The number of fused-ring (bicyclic) bond motifs is 3. The number of ether oxygens (including phenoxy) is 1. The number of anilines is 2. The van der Waals surface area contributed by atoms with Gasteiger partial charge in [-0.2, -0.15) is 5.10 Å². The van der Waals surface area contributed by atoms with Gasteiger partial charge in [0.2, 0.25) is 0 Å². The summed E-state index contributed by atoms with van der Waals surface area (Å²) in [5, 5.41) is 8.08. The summed E-state index contributed by atoms with van der Waals surface area (Å²) in [6, 6.07) is 7.62. The minimum absolute atomic E-state index is 0.306. The Kier molecular flexibility index (Phi) is 2.96. The molecule has 0 spiro atoms. The van der Waals surface area contributed by atoms with Gasteiger partial charge in [-0.25, -0.2) is 9.97 Å². The third-order valence-electron chi connectivity index (χ3n) is 4.80. The lowest BCUT2D eigenvalue weighted by Crippen LogP contribution is -2.43. The molecular weight excluding hydrogens is 304 g/mol. The van der Waals surface area contributed by atoms with Crippen molar-refractivity contribution >= 4 is 22.5 Å². The van der Waals surface area contributed by atoms with Crippen LogP contribution < -0.4 is 10.6 Å². The molecule has 2 saturated heterocycles. The van der Waals surface area contributed by atoms with Crippen molar-refractivity contribution in [3.8, 4) is 11.4 Å². The molecule has 2 atom stereocenters. The predicted molar refractivity (Wildman–Crippen MR) is 91.6 cm³/mol. The quantitative estimate of drug-likeness (QED) is 0.701. The zero-order valence-corrected chi connectivity index (χ0v) is 13.1. The van der Waals surface area contributed by atoms with Crippen LogP contribution in [-0.4, -0.2) is 45.5 Å². The summed E-state index contributed by atoms with van der Waals surface area (Å²) in [5.41, 5.74) is 8.21. The maximum atomic E-state index is 5.95. The first kappa shape index (κ1) is 13.7. The lowest BCUT2D eigenvalue weighted by atomic mass is 10.2. The maximum Gasteiger partial charge on any atom is 0.163 e. The molecule has 0 amide bonds. The Balaban J connectivity index is 1.62. The number of hydrogen-bond donors (Lipinski definition) is 2. The van der Waals surface area contributed by atoms with Crippen molar-refractivity contribution in [1.29, 1.82) is 0 Å². The maximum absolute atomic E-state index is 5.95. The number of aromatic nitrogens is 4. The summed E-state index contributed by atoms with van der Waals surface area (Å²) in [5.74, 6) is 1.61. The van der Waals surface area contributed by atoms with E-state index in [2.05, 4.69) is 20.1 Å². The van der Waals surface area contributed by atoms with Crippen molar-refractivity contribution < 1.29 is 4.74 Å². The van der Waals surface area contributed by atoms with Gasteiger partial charge in [-0.05, 0) is 37.1 Å². The van der Waals surface area contributed by atoms with Crippen LogP contribution in [0.4, 0.5) is 11.5 Å². The number of benzene rings is 1. The highest BCUT2D eigenvalue weighted by molar-refractivity contribution is 5.88. The van der Waals surface area contributed by atoms with Crippen molar-refractivity contribution in [3.63, 3.8) is 0 Å². The van der Waals surface area contributed by atoms with E-state index in [1.54, 1.807) is 6.20 Å². The molecule has 3 aromatic rings. The number of nitrogens with two attached hydrogens (primary N) is 1. The van der Waals surface area contributed by atoms with Crippen LogP contribution in [0.15, 0.2) is 30.5 Å². The lowest BCUT2D eigenvalue weighted by Gasteiger charge is -2.33. The number of nitrogen functional groups attached to an aromatic ring is 1. The Morgan fingerprint density at radius 3 is 2.58 bits per heavy atom. The molecule has 2 fully saturated rings. The van der Waals surface area contributed by atoms with Crippen molar-refractivity contribution in [1.82, 2.24) is 20.2 Å². The molecule has 1 aromatic carbocycles. The normalized spacial score (nSPS) is 23.1. The molecule has 24 heavy (non-hydrogen) atoms. The number of H-pyrrole nitrogens is 1. The van der Waals surface area contributed by atoms with Crippen LogP contribution >= 0.6 is 0 Å². The predicted octanol–water partition coefficient (Wildman–Crippen LogP) is 1.97. The number of hydrogen-bond acceptors (Lipinski definition) is 6. The van der Waals surface area contributed by atoms with E-state index in [4.69, 9.17) is 15.5 Å². The van der Waals surface area contributed by atoms with E-state index in [1.807, 2.05) is 24.3 Å². The molecule has 7 heteroatoms. The SMILES string of the molecule is Nc1ccc(-c2nc(N3CC4CCC(C3)O4)c3cn[nH]c3n2)cc1. The highest BCUT2D eigenvalue weighted by atomic mass is 16.5. The monoisotopic (exact) mass is 322 g/mol. The highest BCUT2D eigenvalue weighted by Gasteiger charge is 2.35. The number of morpholine rings is 1. The number of aromatic amines is 1. The van der Waals surface area contributed by atoms with Crippen molar-refractivity contribution in [2.45, 2.75) is 25.0 Å². The Labute approximate surface area is 138 Å². The molecule has 7 nitrogen and oxygen atoms in total. The second-order valence-corrected chi connectivity index (χ2v) is 6.49. The molecule has 0 radical (unpaired) electrons. The third-order valence-corrected chi connectivity index (χ3v) is 4.80. The summed E-state index contributed by atoms with van der Waals surface area (Å²) >= 11 is 0. The largest absolute Gasteiger partial charge is 0.399 e. The smallest absolute Gasteiger partial charge is 0.163 e. The topological polar surface area (TPSA) is 93.0 Å². The van der Waals surface area contributed by atoms with Gasteiger partial charge in [0.25, 0.3) is 0 Å². The van der Waals surface area contributed by atoms with E-state index < -0.39 is 0 Å². The summed E-state index contributed by atoms with van der Waals surface area (Å²) in [4.78, 5) is 11.8. The average Bonchev–Trinajstić information content (AvgIpc) is 3.20. The van der Waals surface area contributed by atoms with Crippen LogP contribution in [0, 0.1) is 0 Å². The average molecular weight is 322 g/mol. The van der Waals surface area contributed by atoms with Gasteiger partial charge in [0.1, 0.15) is 5.82 Å². The second-order valence-electron chi connectivity index (χ2n) is 6.49. The van der Waals surface area contributed by atoms with Crippen LogP contribution in [0.25, 0.3) is 22.4 Å². The van der Waals surface area contributed by atoms with E-state index in [1.165, 1.54) is 0 Å². The Bertz CT molecular complexity index is 878. The molecule has 4 heterocycles. The van der Waals surface area contributed by atoms with Gasteiger partial charge in [0.05, 0.1) is 23.8 Å². The summed E-state index contributed by atoms with van der Waals surface area (Å²) < 4.78 is 5.95. The zero-order valence-electron chi connectivity index (χ0n) is 13.1. The first-order valence-electron chi connectivity index (χ1n) is 8.24. The zero-order chi connectivity index (χ0) is 16.1. The lowest BCUT2D eigenvalue weighted by molar-refractivity contribution is 0.0303. The minimum atomic E-state index is 0.306. The number of rotatable bonds is 2. The highest BCUT2D eigenvalue weighted by Crippen LogP contribution is 2.33. The van der Waals surface area contributed by atoms with Crippen molar-refractivity contribution in [2.75, 3.05) is 23.7 Å². The molecular formula is C17H18N6O. The summed E-state index contributed by atoms with van der Waals surface area (Å²) in [6.07, 6.45) is 4.67. The van der Waals surface area contributed by atoms with Crippen molar-refractivity contribution in [2.24, 2.45) is 0 Å². The van der Waals surface area contributed by atoms with Crippen LogP contribution in [0.2, 0.25) is 0 Å². The molecule has 5 rings (SSSR count). The van der Waals surface area contributed by atoms with Crippen LogP contribution in [-0.2, 0) is 4.74 Å². The van der Waals surface area contributed by atoms with E-state index in [9.17, 15) is 0 Å². The molecule has 3 N–H and O–H groups in total. The van der Waals surface area contributed by atoms with Crippen LogP contribution in [0.5, 0.6) is 0 Å².